The Labute approximate surface area is 201 Å². The topological polar surface area (TPSA) is 80.9 Å². The molecule has 0 saturated heterocycles. The number of carbonyl (C=O) groups excluding carboxylic acids is 1. The summed E-state index contributed by atoms with van der Waals surface area (Å²) in [5, 5.41) is 12.8. The third-order valence-corrected chi connectivity index (χ3v) is 6.76. The van der Waals surface area contributed by atoms with Crippen LogP contribution in [0.15, 0.2) is 64.4 Å². The minimum atomic E-state index is -0.404. The first-order valence-corrected chi connectivity index (χ1v) is 12.0. The minimum absolute atomic E-state index is 0.169. The van der Waals surface area contributed by atoms with E-state index in [0.717, 1.165) is 16.0 Å². The van der Waals surface area contributed by atoms with E-state index in [9.17, 15) is 14.7 Å². The Kier molecular flexibility index (Phi) is 6.93. The number of aliphatic imine (C=N–C) groups is 1. The second-order valence-corrected chi connectivity index (χ2v) is 9.01. The molecule has 6 nitrogen and oxygen atoms in total. The third kappa shape index (κ3) is 4.39. The molecule has 174 valence electrons. The smallest absolute Gasteiger partial charge is 0.341 e. The molecule has 0 bridgehead atoms. The van der Waals surface area contributed by atoms with Gasteiger partial charge in [-0.2, -0.15) is 0 Å². The molecule has 7 heteroatoms. The molecule has 2 aromatic heterocycles. The molecule has 0 radical (unpaired) electrons. The van der Waals surface area contributed by atoms with Crippen LogP contribution in [0, 0.1) is 6.92 Å². The number of thiophene rings is 1. The van der Waals surface area contributed by atoms with Gasteiger partial charge in [0, 0.05) is 21.9 Å². The zero-order valence-electron chi connectivity index (χ0n) is 19.4. The normalized spacial score (nSPS) is 11.4. The van der Waals surface area contributed by atoms with Crippen LogP contribution >= 0.6 is 11.3 Å². The molecule has 0 atom stereocenters. The molecular weight excluding hydrogens is 448 g/mol. The summed E-state index contributed by atoms with van der Waals surface area (Å²) in [5.41, 5.74) is 2.42. The first-order valence-electron chi connectivity index (χ1n) is 11.2. The van der Waals surface area contributed by atoms with E-state index in [-0.39, 0.29) is 24.6 Å². The van der Waals surface area contributed by atoms with Crippen molar-refractivity contribution >= 4 is 39.3 Å². The number of fused-ring (bicyclic) bond motifs is 1. The Balaban J connectivity index is 1.88. The Hall–Kier alpha value is -3.71. The summed E-state index contributed by atoms with van der Waals surface area (Å²) in [6.07, 6.45) is 2.22. The van der Waals surface area contributed by atoms with Gasteiger partial charge in [0.25, 0.3) is 5.56 Å². The molecule has 34 heavy (non-hydrogen) atoms. The molecule has 4 rings (SSSR count). The van der Waals surface area contributed by atoms with Gasteiger partial charge in [-0.3, -0.25) is 9.36 Å². The number of esters is 1. The Morgan fingerprint density at radius 2 is 1.76 bits per heavy atom. The Bertz CT molecular complexity index is 1430. The van der Waals surface area contributed by atoms with E-state index in [1.807, 2.05) is 50.2 Å². The number of aromatic hydroxyl groups is 1. The van der Waals surface area contributed by atoms with Crippen LogP contribution in [-0.4, -0.2) is 28.5 Å². The van der Waals surface area contributed by atoms with Crippen molar-refractivity contribution in [3.63, 3.8) is 0 Å². The van der Waals surface area contributed by atoms with E-state index in [4.69, 9.17) is 4.74 Å². The van der Waals surface area contributed by atoms with Gasteiger partial charge in [0.05, 0.1) is 24.3 Å². The highest BCUT2D eigenvalue weighted by Gasteiger charge is 2.22. The second-order valence-electron chi connectivity index (χ2n) is 7.81. The highest BCUT2D eigenvalue weighted by atomic mass is 32.1. The highest BCUT2D eigenvalue weighted by molar-refractivity contribution is 7.16. The first-order chi connectivity index (χ1) is 16.5. The molecule has 1 N–H and O–H groups in total. The fraction of sp³-hybridized carbons (Fsp3) is 0.222. The number of nitrogens with zero attached hydrogens (tertiary/aromatic N) is 2. The number of hydrogen-bond acceptors (Lipinski definition) is 6. The van der Waals surface area contributed by atoms with Gasteiger partial charge in [-0.1, -0.05) is 55.5 Å². The molecule has 0 unspecified atom stereocenters. The van der Waals surface area contributed by atoms with Crippen LogP contribution in [0.2, 0.25) is 0 Å². The highest BCUT2D eigenvalue weighted by Crippen LogP contribution is 2.36. The first kappa shape index (κ1) is 23.4. The summed E-state index contributed by atoms with van der Waals surface area (Å²) in [6.45, 7) is 6.22. The number of hydrogen-bond donors (Lipinski definition) is 1. The van der Waals surface area contributed by atoms with Crippen molar-refractivity contribution in [1.29, 1.82) is 0 Å². The maximum Gasteiger partial charge on any atom is 0.341 e. The molecule has 0 fully saturated rings. The largest absolute Gasteiger partial charge is 0.494 e. The molecule has 0 aliphatic rings. The van der Waals surface area contributed by atoms with Crippen LogP contribution in [0.3, 0.4) is 0 Å². The molecule has 4 aromatic rings. The fourth-order valence-electron chi connectivity index (χ4n) is 4.07. The molecule has 0 aliphatic carbocycles. The summed E-state index contributed by atoms with van der Waals surface area (Å²) in [6, 6.07) is 16.6. The van der Waals surface area contributed by atoms with Crippen LogP contribution in [0.5, 0.6) is 5.88 Å². The molecule has 2 heterocycles. The lowest BCUT2D eigenvalue weighted by Crippen LogP contribution is -2.22. The molecule has 0 spiro atoms. The summed E-state index contributed by atoms with van der Waals surface area (Å²) < 4.78 is 6.62. The second kappa shape index (κ2) is 10.1. The van der Waals surface area contributed by atoms with Crippen molar-refractivity contribution in [3.8, 4) is 5.88 Å². The lowest BCUT2D eigenvalue weighted by atomic mass is 10.1. The van der Waals surface area contributed by atoms with E-state index >= 15 is 0 Å². The van der Waals surface area contributed by atoms with Gasteiger partial charge in [-0.15, -0.1) is 11.3 Å². The van der Waals surface area contributed by atoms with Gasteiger partial charge < -0.3 is 9.84 Å². The van der Waals surface area contributed by atoms with Crippen LogP contribution in [0.1, 0.15) is 45.8 Å². The molecule has 0 aliphatic heterocycles. The van der Waals surface area contributed by atoms with Crippen molar-refractivity contribution in [2.24, 2.45) is 4.99 Å². The lowest BCUT2D eigenvalue weighted by Gasteiger charge is -2.13. The number of benzene rings is 2. The maximum atomic E-state index is 13.2. The molecular formula is C27H26N2O4S. The van der Waals surface area contributed by atoms with E-state index in [2.05, 4.69) is 4.99 Å². The van der Waals surface area contributed by atoms with Gasteiger partial charge in [0.2, 0.25) is 5.88 Å². The standard InChI is InChI=1S/C27H26N2O4S/c1-4-19-17(3)34-24(23(19)27(32)33-5-2)28-15-22-20-13-9-10-14-21(20)25(30)29(26(22)31)16-18-11-7-6-8-12-18/h6-15,31H,4-5,16H2,1-3H3/b28-15+. The van der Waals surface area contributed by atoms with E-state index in [1.165, 1.54) is 22.1 Å². The summed E-state index contributed by atoms with van der Waals surface area (Å²) in [7, 11) is 0. The van der Waals surface area contributed by atoms with E-state index in [1.54, 1.807) is 25.1 Å². The van der Waals surface area contributed by atoms with Crippen LogP contribution in [-0.2, 0) is 17.7 Å². The summed E-state index contributed by atoms with van der Waals surface area (Å²) >= 11 is 1.41. The average molecular weight is 475 g/mol. The number of rotatable bonds is 7. The van der Waals surface area contributed by atoms with Crippen LogP contribution in [0.4, 0.5) is 5.00 Å². The van der Waals surface area contributed by atoms with Crippen molar-refractivity contribution in [2.75, 3.05) is 6.61 Å². The minimum Gasteiger partial charge on any atom is -0.494 e. The van der Waals surface area contributed by atoms with Crippen molar-refractivity contribution in [1.82, 2.24) is 4.57 Å². The van der Waals surface area contributed by atoms with E-state index < -0.39 is 5.97 Å². The SMILES string of the molecule is CCOC(=O)c1c(/N=C/c2c(O)n(Cc3ccccc3)c(=O)c3ccccc23)sc(C)c1CC. The molecule has 0 saturated carbocycles. The van der Waals surface area contributed by atoms with Gasteiger partial charge in [-0.25, -0.2) is 9.79 Å². The molecule has 2 aromatic carbocycles. The Morgan fingerprint density at radius 1 is 1.09 bits per heavy atom. The quantitative estimate of drug-likeness (QED) is 0.279. The molecule has 0 amide bonds. The van der Waals surface area contributed by atoms with Gasteiger partial charge in [0.15, 0.2) is 0 Å². The Morgan fingerprint density at radius 3 is 2.44 bits per heavy atom. The number of ether oxygens (including phenoxy) is 1. The van der Waals surface area contributed by atoms with Crippen molar-refractivity contribution < 1.29 is 14.6 Å². The number of pyridine rings is 1. The fourth-order valence-corrected chi connectivity index (χ4v) is 5.14. The predicted octanol–water partition coefficient (Wildman–Crippen LogP) is 5.62. The summed E-state index contributed by atoms with van der Waals surface area (Å²) in [5.74, 6) is -0.572. The van der Waals surface area contributed by atoms with Gasteiger partial charge in [0.1, 0.15) is 5.00 Å². The maximum absolute atomic E-state index is 13.2. The third-order valence-electron chi connectivity index (χ3n) is 5.71. The van der Waals surface area contributed by atoms with Crippen molar-refractivity contribution in [2.45, 2.75) is 33.7 Å². The summed E-state index contributed by atoms with van der Waals surface area (Å²) in [4.78, 5) is 31.5. The zero-order chi connectivity index (χ0) is 24.2. The van der Waals surface area contributed by atoms with Crippen LogP contribution < -0.4 is 5.56 Å². The zero-order valence-corrected chi connectivity index (χ0v) is 20.2. The van der Waals surface area contributed by atoms with E-state index in [0.29, 0.717) is 33.3 Å². The van der Waals surface area contributed by atoms with Crippen LogP contribution in [0.25, 0.3) is 10.8 Å². The average Bonchev–Trinajstić information content (AvgIpc) is 3.17. The predicted molar refractivity (Wildman–Crippen MR) is 137 cm³/mol. The monoisotopic (exact) mass is 474 g/mol. The van der Waals surface area contributed by atoms with Gasteiger partial charge in [-0.05, 0) is 37.5 Å². The van der Waals surface area contributed by atoms with Crippen molar-refractivity contribution in [3.05, 3.63) is 92.1 Å². The lowest BCUT2D eigenvalue weighted by molar-refractivity contribution is 0.0526. The number of aromatic nitrogens is 1. The van der Waals surface area contributed by atoms with Gasteiger partial charge >= 0.3 is 5.97 Å². The number of aryl methyl sites for hydroxylation is 1. The number of carbonyl (C=O) groups is 1.